The first kappa shape index (κ1) is 21.4. The van der Waals surface area contributed by atoms with Gasteiger partial charge in [-0.25, -0.2) is 9.56 Å². The van der Waals surface area contributed by atoms with Crippen molar-refractivity contribution in [2.75, 3.05) is 44.3 Å². The van der Waals surface area contributed by atoms with Crippen LogP contribution >= 0.6 is 11.3 Å². The molecule has 0 aromatic heterocycles. The Morgan fingerprint density at radius 3 is 2.53 bits per heavy atom. The van der Waals surface area contributed by atoms with E-state index in [1.54, 1.807) is 0 Å². The molecule has 5 nitrogen and oxygen atoms in total. The van der Waals surface area contributed by atoms with Gasteiger partial charge < -0.3 is 9.64 Å². The fourth-order valence-corrected chi connectivity index (χ4v) is 6.07. The van der Waals surface area contributed by atoms with Gasteiger partial charge in [-0.05, 0) is 36.1 Å². The molecule has 3 heterocycles. The highest BCUT2D eigenvalue weighted by Gasteiger charge is 2.23. The molecule has 0 radical (unpaired) electrons. The molecule has 1 aromatic carbocycles. The third-order valence-electron chi connectivity index (χ3n) is 6.90. The molecule has 5 rings (SSSR count). The van der Waals surface area contributed by atoms with E-state index in [4.69, 9.17) is 9.72 Å². The second kappa shape index (κ2) is 9.17. The number of benzene rings is 2. The normalized spacial score (nSPS) is 19.5. The lowest BCUT2D eigenvalue weighted by molar-refractivity contribution is 0.122. The summed E-state index contributed by atoms with van der Waals surface area (Å²) >= 11 is 1.87. The zero-order chi connectivity index (χ0) is 22.1. The summed E-state index contributed by atoms with van der Waals surface area (Å²) in [5.41, 5.74) is 6.23. The van der Waals surface area contributed by atoms with E-state index in [0.717, 1.165) is 76.3 Å². The van der Waals surface area contributed by atoms with Crippen LogP contribution < -0.4 is 14.8 Å². The van der Waals surface area contributed by atoms with Gasteiger partial charge in [0.25, 0.3) is 0 Å². The molecule has 2 fully saturated rings. The molecule has 2 saturated heterocycles. The molecule has 1 aromatic rings. The molecule has 3 aliphatic heterocycles. The Balaban J connectivity index is 1.66. The van der Waals surface area contributed by atoms with Gasteiger partial charge in [0.2, 0.25) is 5.36 Å². The summed E-state index contributed by atoms with van der Waals surface area (Å²) in [6.45, 7) is 9.85. The summed E-state index contributed by atoms with van der Waals surface area (Å²) in [4.78, 5) is 8.92. The maximum absolute atomic E-state index is 9.25. The Morgan fingerprint density at radius 2 is 1.84 bits per heavy atom. The number of hydrogen-bond donors (Lipinski definition) is 0. The Hall–Kier alpha value is -2.49. The summed E-state index contributed by atoms with van der Waals surface area (Å²) in [5.74, 6) is 0.205. The third-order valence-corrected chi connectivity index (χ3v) is 7.96. The molecular weight excluding hydrogens is 416 g/mol. The number of hydrogen-bond acceptors (Lipinski definition) is 5. The molecule has 0 N–H and O–H groups in total. The minimum Gasteiger partial charge on any atom is -0.378 e. The van der Waals surface area contributed by atoms with Gasteiger partial charge in [0.1, 0.15) is 13.1 Å². The number of fused-ring (bicyclic) bond motifs is 2. The molecule has 0 bridgehead atoms. The Labute approximate surface area is 193 Å². The van der Waals surface area contributed by atoms with Crippen molar-refractivity contribution in [3.05, 3.63) is 40.7 Å². The molecule has 32 heavy (non-hydrogen) atoms. The molecule has 0 spiro atoms. The van der Waals surface area contributed by atoms with Crippen LogP contribution in [0.4, 0.5) is 5.69 Å². The number of morpholine rings is 1. The lowest BCUT2D eigenvalue weighted by atomic mass is 9.99. The minimum atomic E-state index is 0.205. The molecule has 0 amide bonds. The van der Waals surface area contributed by atoms with Crippen LogP contribution in [-0.4, -0.2) is 44.4 Å². The van der Waals surface area contributed by atoms with Crippen molar-refractivity contribution in [2.45, 2.75) is 39.5 Å². The smallest absolute Gasteiger partial charge is 0.201 e. The number of piperidine rings is 1. The van der Waals surface area contributed by atoms with Crippen molar-refractivity contribution in [3.63, 3.8) is 0 Å². The Bertz CT molecular complexity index is 1210. The van der Waals surface area contributed by atoms with Gasteiger partial charge in [0.05, 0.1) is 46.0 Å². The van der Waals surface area contributed by atoms with Gasteiger partial charge in [0, 0.05) is 43.8 Å². The summed E-state index contributed by atoms with van der Waals surface area (Å²) < 4.78 is 9.27. The molecule has 6 heteroatoms. The molecular formula is C26H31N4OS+. The highest BCUT2D eigenvalue weighted by molar-refractivity contribution is 7.21. The van der Waals surface area contributed by atoms with Gasteiger partial charge in [-0.2, -0.15) is 5.26 Å². The Kier molecular flexibility index (Phi) is 6.12. The van der Waals surface area contributed by atoms with Crippen molar-refractivity contribution in [1.29, 1.82) is 5.26 Å². The number of anilines is 1. The lowest BCUT2D eigenvalue weighted by Gasteiger charge is -2.29. The molecule has 166 valence electrons. The minimum absolute atomic E-state index is 0.205. The zero-order valence-electron chi connectivity index (χ0n) is 19.1. The number of rotatable bonds is 3. The zero-order valence-corrected chi connectivity index (χ0v) is 19.9. The molecule has 4 aliphatic rings. The fraction of sp³-hybridized carbons (Fsp3) is 0.500. The largest absolute Gasteiger partial charge is 0.378 e. The van der Waals surface area contributed by atoms with Gasteiger partial charge in [-0.15, -0.1) is 11.3 Å². The van der Waals surface area contributed by atoms with Crippen LogP contribution in [0.2, 0.25) is 0 Å². The van der Waals surface area contributed by atoms with Crippen molar-refractivity contribution < 1.29 is 4.74 Å². The topological polar surface area (TPSA) is 52.2 Å². The second-order valence-electron chi connectivity index (χ2n) is 8.81. The van der Waals surface area contributed by atoms with Crippen LogP contribution in [0.25, 0.3) is 20.8 Å². The Morgan fingerprint density at radius 1 is 1.09 bits per heavy atom. The van der Waals surface area contributed by atoms with E-state index in [2.05, 4.69) is 53.7 Å². The average molecular weight is 448 g/mol. The highest BCUT2D eigenvalue weighted by Crippen LogP contribution is 2.36. The number of aryl methyl sites for hydroxylation is 2. The number of nitrogens with zero attached hydrogens (tertiary/aromatic N) is 4. The fourth-order valence-electron chi connectivity index (χ4n) is 4.93. The maximum atomic E-state index is 9.25. The summed E-state index contributed by atoms with van der Waals surface area (Å²) in [6.07, 6.45) is 3.86. The van der Waals surface area contributed by atoms with Gasteiger partial charge in [-0.1, -0.05) is 13.8 Å². The van der Waals surface area contributed by atoms with E-state index in [9.17, 15) is 5.26 Å². The van der Waals surface area contributed by atoms with Crippen LogP contribution in [0.1, 0.15) is 37.8 Å². The first-order chi connectivity index (χ1) is 15.7. The van der Waals surface area contributed by atoms with Crippen LogP contribution in [0.15, 0.2) is 24.3 Å². The molecule has 0 atom stereocenters. The number of nitriles is 1. The maximum Gasteiger partial charge on any atom is 0.201 e. The monoisotopic (exact) mass is 447 g/mol. The number of ether oxygens (including phenoxy) is 1. The van der Waals surface area contributed by atoms with E-state index < -0.39 is 0 Å². The van der Waals surface area contributed by atoms with Gasteiger partial charge in [0.15, 0.2) is 0 Å². The summed E-state index contributed by atoms with van der Waals surface area (Å²) in [5, 5.41) is 10.5. The predicted molar refractivity (Wildman–Crippen MR) is 131 cm³/mol. The third kappa shape index (κ3) is 4.00. The highest BCUT2D eigenvalue weighted by atomic mass is 32.1. The first-order valence-electron chi connectivity index (χ1n) is 11.9. The van der Waals surface area contributed by atoms with E-state index in [0.29, 0.717) is 0 Å². The quantitative estimate of drug-likeness (QED) is 0.449. The van der Waals surface area contributed by atoms with Crippen molar-refractivity contribution in [2.24, 2.45) is 5.92 Å². The van der Waals surface area contributed by atoms with E-state index in [-0.39, 0.29) is 5.92 Å². The van der Waals surface area contributed by atoms with Gasteiger partial charge >= 0.3 is 0 Å². The van der Waals surface area contributed by atoms with Crippen LogP contribution in [0.3, 0.4) is 0 Å². The van der Waals surface area contributed by atoms with E-state index in [1.165, 1.54) is 31.7 Å². The standard InChI is InChI=1S/C26H31N4OS/c1-3-19-13-21(29-7-5-18(17-27)6-8-29)15-23-25(19)28-26-20(4-2)14-22(16-24(26)32-23)30-9-11-31-12-10-30/h13-16,18H,3-12H2,1-2H3/q+1. The molecule has 1 aliphatic carbocycles. The SMILES string of the molecule is CCc1cc(=[N+]2CCC(C#N)CC2)cc2sc3cc(N4CCOCC4)cc(CC)c3nc1-2. The van der Waals surface area contributed by atoms with Crippen LogP contribution in [0, 0.1) is 17.2 Å². The van der Waals surface area contributed by atoms with E-state index in [1.807, 2.05) is 11.3 Å². The number of aromatic nitrogens is 1. The van der Waals surface area contributed by atoms with E-state index >= 15 is 0 Å². The van der Waals surface area contributed by atoms with Crippen molar-refractivity contribution in [1.82, 2.24) is 9.56 Å². The average Bonchev–Trinajstić information content (AvgIpc) is 2.86. The first-order valence-corrected chi connectivity index (χ1v) is 12.7. The molecule has 0 unspecified atom stereocenters. The summed E-state index contributed by atoms with van der Waals surface area (Å²) in [6, 6.07) is 11.8. The van der Waals surface area contributed by atoms with Crippen LogP contribution in [-0.2, 0) is 17.6 Å². The van der Waals surface area contributed by atoms with Gasteiger partial charge in [-0.3, -0.25) is 0 Å². The van der Waals surface area contributed by atoms with Crippen molar-refractivity contribution >= 4 is 27.2 Å². The lowest BCUT2D eigenvalue weighted by Crippen LogP contribution is -2.37. The summed E-state index contributed by atoms with van der Waals surface area (Å²) in [7, 11) is 0. The second-order valence-corrected chi connectivity index (χ2v) is 9.90. The van der Waals surface area contributed by atoms with Crippen molar-refractivity contribution in [3.8, 4) is 16.6 Å². The van der Waals surface area contributed by atoms with Crippen LogP contribution in [0.5, 0.6) is 0 Å². The predicted octanol–water partition coefficient (Wildman–Crippen LogP) is 4.07. The molecule has 0 saturated carbocycles.